The first kappa shape index (κ1) is 19.6. The van der Waals surface area contributed by atoms with Crippen LogP contribution in [0.4, 0.5) is 4.79 Å². The smallest absolute Gasteiger partial charge is 0.324 e. The summed E-state index contributed by atoms with van der Waals surface area (Å²) >= 11 is 0. The van der Waals surface area contributed by atoms with Gasteiger partial charge in [-0.3, -0.25) is 19.3 Å². The topological polar surface area (TPSA) is 115 Å². The van der Waals surface area contributed by atoms with Gasteiger partial charge in [-0.1, -0.05) is 6.92 Å². The monoisotopic (exact) mass is 401 g/mol. The van der Waals surface area contributed by atoms with Gasteiger partial charge in [-0.25, -0.2) is 9.78 Å². The van der Waals surface area contributed by atoms with Crippen molar-refractivity contribution in [2.45, 2.75) is 63.8 Å². The van der Waals surface area contributed by atoms with Gasteiger partial charge in [0.15, 0.2) is 0 Å². The number of nitrogens with one attached hydrogen (secondary N) is 2. The number of aryl methyl sites for hydroxylation is 1. The second-order valence-corrected chi connectivity index (χ2v) is 8.45. The van der Waals surface area contributed by atoms with Crippen LogP contribution in [0, 0.1) is 6.92 Å². The van der Waals surface area contributed by atoms with Gasteiger partial charge in [-0.15, -0.1) is 0 Å². The molecule has 1 aromatic rings. The molecule has 9 nitrogen and oxygen atoms in total. The van der Waals surface area contributed by atoms with Crippen LogP contribution in [0.25, 0.3) is 0 Å². The number of H-pyrrole nitrogens is 1. The van der Waals surface area contributed by atoms with Gasteiger partial charge in [0.25, 0.3) is 5.56 Å². The van der Waals surface area contributed by atoms with Crippen LogP contribution in [0.15, 0.2) is 4.79 Å². The van der Waals surface area contributed by atoms with Crippen LogP contribution in [-0.2, 0) is 21.4 Å². The van der Waals surface area contributed by atoms with Gasteiger partial charge in [0.05, 0.1) is 12.2 Å². The lowest BCUT2D eigenvalue weighted by Crippen LogP contribution is -2.58. The van der Waals surface area contributed by atoms with E-state index in [1.165, 1.54) is 4.90 Å². The first-order valence-electron chi connectivity index (χ1n) is 10.3. The normalized spacial score (nSPS) is 26.2. The number of hydrogen-bond donors (Lipinski definition) is 2. The number of fused-ring (bicyclic) bond motifs is 3. The number of hydrogen-bond acceptors (Lipinski definition) is 5. The van der Waals surface area contributed by atoms with Crippen molar-refractivity contribution in [2.24, 2.45) is 0 Å². The molecule has 0 aromatic carbocycles. The Morgan fingerprint density at radius 1 is 1.31 bits per heavy atom. The Labute approximate surface area is 168 Å². The molecule has 0 saturated carbocycles. The van der Waals surface area contributed by atoms with Gasteiger partial charge >= 0.3 is 6.03 Å². The molecule has 3 heterocycles. The molecule has 0 radical (unpaired) electrons. The van der Waals surface area contributed by atoms with E-state index in [2.05, 4.69) is 22.2 Å². The summed E-state index contributed by atoms with van der Waals surface area (Å²) in [6, 6.07) is -0.370. The van der Waals surface area contributed by atoms with Gasteiger partial charge in [0.1, 0.15) is 5.82 Å². The molecule has 2 atom stereocenters. The number of carbonyl (C=O) groups excluding carboxylic acids is 3. The molecule has 3 aliphatic rings. The molecule has 4 amide bonds. The summed E-state index contributed by atoms with van der Waals surface area (Å²) in [5.74, 6) is 0.397. The quantitative estimate of drug-likeness (QED) is 0.717. The number of rotatable bonds is 4. The van der Waals surface area contributed by atoms with Crippen molar-refractivity contribution in [3.05, 3.63) is 27.4 Å². The summed E-state index contributed by atoms with van der Waals surface area (Å²) in [7, 11) is 0. The van der Waals surface area contributed by atoms with Crippen molar-refractivity contribution in [2.75, 3.05) is 19.6 Å². The first-order valence-corrected chi connectivity index (χ1v) is 10.3. The minimum absolute atomic E-state index is 0.0154. The average molecular weight is 401 g/mol. The minimum atomic E-state index is -0.386. The van der Waals surface area contributed by atoms with E-state index in [-0.39, 0.29) is 48.0 Å². The predicted molar refractivity (Wildman–Crippen MR) is 104 cm³/mol. The Bertz CT molecular complexity index is 910. The third-order valence-electron chi connectivity index (χ3n) is 6.58. The van der Waals surface area contributed by atoms with Gasteiger partial charge in [-0.2, -0.15) is 0 Å². The Morgan fingerprint density at radius 3 is 2.83 bits per heavy atom. The third kappa shape index (κ3) is 3.32. The van der Waals surface area contributed by atoms with Gasteiger partial charge in [-0.05, 0) is 39.0 Å². The molecule has 9 heteroatoms. The highest BCUT2D eigenvalue weighted by molar-refractivity contribution is 6.01. The highest BCUT2D eigenvalue weighted by Gasteiger charge is 2.48. The Kier molecular flexibility index (Phi) is 4.92. The molecule has 1 aromatic heterocycles. The number of urea groups is 1. The van der Waals surface area contributed by atoms with Gasteiger partial charge in [0, 0.05) is 36.5 Å². The number of carbonyl (C=O) groups is 3. The zero-order chi connectivity index (χ0) is 20.8. The molecule has 4 rings (SSSR count). The molecule has 2 N–H and O–H groups in total. The van der Waals surface area contributed by atoms with E-state index in [9.17, 15) is 19.2 Å². The Hall–Kier alpha value is -2.71. The fraction of sp³-hybridized carbons (Fsp3) is 0.650. The number of amides is 4. The largest absolute Gasteiger partial charge is 0.339 e. The van der Waals surface area contributed by atoms with E-state index >= 15 is 0 Å². The SMILES string of the molecule is Cc1nc2c(c(=O)[nH]1)CCC1N(C(=O)CCCN3C(=O)CNC3=O)CCC[C@@]21C. The molecule has 29 heavy (non-hydrogen) atoms. The van der Waals surface area contributed by atoms with Crippen LogP contribution in [0.5, 0.6) is 0 Å². The summed E-state index contributed by atoms with van der Waals surface area (Å²) in [4.78, 5) is 59.3. The van der Waals surface area contributed by atoms with Gasteiger partial charge in [0.2, 0.25) is 11.8 Å². The third-order valence-corrected chi connectivity index (χ3v) is 6.58. The highest BCUT2D eigenvalue weighted by atomic mass is 16.2. The lowest BCUT2D eigenvalue weighted by molar-refractivity contribution is -0.138. The summed E-state index contributed by atoms with van der Waals surface area (Å²) < 4.78 is 0. The molecular weight excluding hydrogens is 374 g/mol. The molecule has 2 fully saturated rings. The number of aromatic nitrogens is 2. The molecule has 156 valence electrons. The lowest BCUT2D eigenvalue weighted by Gasteiger charge is -2.51. The van der Waals surface area contributed by atoms with E-state index in [1.807, 2.05) is 4.90 Å². The summed E-state index contributed by atoms with van der Waals surface area (Å²) in [6.45, 7) is 4.89. The number of likely N-dealkylation sites (tertiary alicyclic amines) is 1. The molecule has 0 bridgehead atoms. The number of nitrogens with zero attached hydrogens (tertiary/aromatic N) is 3. The Morgan fingerprint density at radius 2 is 2.10 bits per heavy atom. The number of aromatic amines is 1. The van der Waals surface area contributed by atoms with E-state index in [0.717, 1.165) is 30.5 Å². The van der Waals surface area contributed by atoms with Crippen molar-refractivity contribution < 1.29 is 14.4 Å². The standard InChI is InChI=1S/C20H27N5O4/c1-12-22-17-13(18(28)23-12)6-7-14-20(17,2)8-4-10-24(14)15(26)5-3-9-25-16(27)11-21-19(25)29/h14H,3-11H2,1-2H3,(H,21,29)(H,22,23,28)/t14?,20-/m1/s1. The Balaban J connectivity index is 1.48. The van der Waals surface area contributed by atoms with Crippen molar-refractivity contribution >= 4 is 17.8 Å². The zero-order valence-electron chi connectivity index (χ0n) is 16.9. The molecule has 1 aliphatic carbocycles. The summed E-state index contributed by atoms with van der Waals surface area (Å²) in [5.41, 5.74) is 1.20. The fourth-order valence-corrected chi connectivity index (χ4v) is 5.14. The van der Waals surface area contributed by atoms with E-state index in [0.29, 0.717) is 31.6 Å². The van der Waals surface area contributed by atoms with Crippen LogP contribution < -0.4 is 10.9 Å². The predicted octanol–water partition coefficient (Wildman–Crippen LogP) is 0.605. The first-order chi connectivity index (χ1) is 13.8. The average Bonchev–Trinajstić information content (AvgIpc) is 2.99. The molecular formula is C20H27N5O4. The van der Waals surface area contributed by atoms with E-state index < -0.39 is 0 Å². The van der Waals surface area contributed by atoms with Crippen LogP contribution in [0.1, 0.15) is 56.1 Å². The molecule has 2 saturated heterocycles. The fourth-order valence-electron chi connectivity index (χ4n) is 5.14. The van der Waals surface area contributed by atoms with Crippen LogP contribution >= 0.6 is 0 Å². The van der Waals surface area contributed by atoms with Crippen molar-refractivity contribution in [1.82, 2.24) is 25.1 Å². The molecule has 2 aliphatic heterocycles. The zero-order valence-corrected chi connectivity index (χ0v) is 16.9. The van der Waals surface area contributed by atoms with Crippen molar-refractivity contribution in [3.8, 4) is 0 Å². The number of piperidine rings is 1. The summed E-state index contributed by atoms with van der Waals surface area (Å²) in [5, 5.41) is 2.49. The highest BCUT2D eigenvalue weighted by Crippen LogP contribution is 2.44. The van der Waals surface area contributed by atoms with Crippen molar-refractivity contribution in [3.63, 3.8) is 0 Å². The maximum absolute atomic E-state index is 13.0. The maximum atomic E-state index is 13.0. The van der Waals surface area contributed by atoms with Crippen LogP contribution in [0.3, 0.4) is 0 Å². The van der Waals surface area contributed by atoms with Crippen LogP contribution in [0.2, 0.25) is 0 Å². The van der Waals surface area contributed by atoms with Crippen LogP contribution in [-0.4, -0.2) is 63.3 Å². The molecule has 1 unspecified atom stereocenters. The minimum Gasteiger partial charge on any atom is -0.339 e. The molecule has 0 spiro atoms. The number of imide groups is 1. The second-order valence-electron chi connectivity index (χ2n) is 8.45. The summed E-state index contributed by atoms with van der Waals surface area (Å²) in [6.07, 6.45) is 3.86. The maximum Gasteiger partial charge on any atom is 0.324 e. The second kappa shape index (κ2) is 7.27. The van der Waals surface area contributed by atoms with Crippen molar-refractivity contribution in [1.29, 1.82) is 0 Å². The van der Waals surface area contributed by atoms with E-state index in [1.54, 1.807) is 6.92 Å². The van der Waals surface area contributed by atoms with Gasteiger partial charge < -0.3 is 15.2 Å². The van der Waals surface area contributed by atoms with E-state index in [4.69, 9.17) is 0 Å². The lowest BCUT2D eigenvalue weighted by atomic mass is 9.65.